The minimum atomic E-state index is 0.276. The van der Waals surface area contributed by atoms with Gasteiger partial charge in [0.25, 0.3) is 0 Å². The highest BCUT2D eigenvalue weighted by Gasteiger charge is 2.04. The van der Waals surface area contributed by atoms with Gasteiger partial charge in [0.05, 0.1) is 18.3 Å². The summed E-state index contributed by atoms with van der Waals surface area (Å²) in [5, 5.41) is 5.98. The van der Waals surface area contributed by atoms with E-state index in [4.69, 9.17) is 16.2 Å². The van der Waals surface area contributed by atoms with E-state index in [1.54, 1.807) is 12.3 Å². The lowest BCUT2D eigenvalue weighted by molar-refractivity contribution is 0.290. The summed E-state index contributed by atoms with van der Waals surface area (Å²) in [7, 11) is 0. The van der Waals surface area contributed by atoms with Crippen LogP contribution in [-0.4, -0.2) is 44.4 Å². The number of guanidine groups is 1. The Balaban J connectivity index is 1.73. The molecule has 0 fully saturated rings. The van der Waals surface area contributed by atoms with Crippen molar-refractivity contribution >= 4 is 35.1 Å². The molecule has 24 heavy (non-hydrogen) atoms. The van der Waals surface area contributed by atoms with Gasteiger partial charge in [0.15, 0.2) is 17.6 Å². The van der Waals surface area contributed by atoms with Crippen molar-refractivity contribution in [2.24, 2.45) is 10.7 Å². The molecule has 0 aliphatic carbocycles. The van der Waals surface area contributed by atoms with Crippen LogP contribution in [0.4, 0.5) is 17.5 Å². The van der Waals surface area contributed by atoms with Crippen molar-refractivity contribution < 1.29 is 4.74 Å². The van der Waals surface area contributed by atoms with E-state index >= 15 is 0 Å². The number of hydrogen-bond donors (Lipinski definition) is 4. The normalized spacial score (nSPS) is 11.3. The second-order valence-corrected chi connectivity index (χ2v) is 5.27. The number of anilines is 3. The van der Waals surface area contributed by atoms with Gasteiger partial charge in [-0.3, -0.25) is 4.99 Å². The molecule has 0 atom stereocenters. The lowest BCUT2D eigenvalue weighted by atomic mass is 10.4. The van der Waals surface area contributed by atoms with Gasteiger partial charge in [-0.05, 0) is 18.9 Å². The Kier molecular flexibility index (Phi) is 6.95. The number of aliphatic imine (C=N–C) groups is 1. The van der Waals surface area contributed by atoms with E-state index in [9.17, 15) is 0 Å². The molecule has 0 unspecified atom stereocenters. The smallest absolute Gasteiger partial charge is 0.318 e. The fraction of sp³-hybridized carbons (Fsp3) is 0.462. The highest BCUT2D eigenvalue weighted by molar-refractivity contribution is 6.99. The molecule has 0 spiro atoms. The van der Waals surface area contributed by atoms with Crippen molar-refractivity contribution in [2.45, 2.75) is 19.8 Å². The molecular weight excluding hydrogens is 330 g/mol. The van der Waals surface area contributed by atoms with Gasteiger partial charge in [-0.2, -0.15) is 13.7 Å². The van der Waals surface area contributed by atoms with Crippen LogP contribution in [0.25, 0.3) is 0 Å². The number of nitrogens with one attached hydrogen (secondary N) is 2. The number of rotatable bonds is 9. The third kappa shape index (κ3) is 5.83. The number of nitrogen functional groups attached to an aromatic ring is 1. The zero-order chi connectivity index (χ0) is 17.2. The first-order chi connectivity index (χ1) is 11.7. The average Bonchev–Trinajstić information content (AvgIpc) is 2.98. The van der Waals surface area contributed by atoms with Gasteiger partial charge in [-0.25, -0.2) is 4.98 Å². The molecule has 0 aliphatic rings. The zero-order valence-corrected chi connectivity index (χ0v) is 14.2. The van der Waals surface area contributed by atoms with Crippen molar-refractivity contribution in [3.05, 3.63) is 12.3 Å². The minimum Gasteiger partial charge on any atom is -0.463 e. The fourth-order valence-electron chi connectivity index (χ4n) is 1.64. The van der Waals surface area contributed by atoms with Crippen LogP contribution < -0.4 is 26.8 Å². The first-order valence-electron chi connectivity index (χ1n) is 7.53. The Bertz CT molecular complexity index is 660. The summed E-state index contributed by atoms with van der Waals surface area (Å²) >= 11 is 1.07. The lowest BCUT2D eigenvalue weighted by Crippen LogP contribution is -2.23. The van der Waals surface area contributed by atoms with Crippen LogP contribution in [-0.2, 0) is 0 Å². The monoisotopic (exact) mass is 351 g/mol. The van der Waals surface area contributed by atoms with Gasteiger partial charge in [-0.15, -0.1) is 0 Å². The molecule has 0 amide bonds. The van der Waals surface area contributed by atoms with Crippen molar-refractivity contribution in [3.63, 3.8) is 0 Å². The summed E-state index contributed by atoms with van der Waals surface area (Å²) in [4.78, 5) is 12.4. The molecule has 0 saturated carbocycles. The molecule has 11 heteroatoms. The Labute approximate surface area is 144 Å². The van der Waals surface area contributed by atoms with Gasteiger partial charge < -0.3 is 26.8 Å². The first-order valence-corrected chi connectivity index (χ1v) is 8.26. The van der Waals surface area contributed by atoms with Crippen LogP contribution in [0.2, 0.25) is 0 Å². The highest BCUT2D eigenvalue weighted by atomic mass is 32.1. The summed E-state index contributed by atoms with van der Waals surface area (Å²) in [6.45, 7) is 3.80. The molecule has 0 aromatic carbocycles. The van der Waals surface area contributed by atoms with E-state index < -0.39 is 0 Å². The molecule has 10 nitrogen and oxygen atoms in total. The van der Waals surface area contributed by atoms with E-state index in [0.717, 1.165) is 24.6 Å². The summed E-state index contributed by atoms with van der Waals surface area (Å²) in [5.41, 5.74) is 11.4. The second kappa shape index (κ2) is 9.45. The largest absolute Gasteiger partial charge is 0.463 e. The van der Waals surface area contributed by atoms with E-state index in [-0.39, 0.29) is 6.01 Å². The van der Waals surface area contributed by atoms with E-state index in [0.29, 0.717) is 43.1 Å². The molecular formula is C13H21N9OS. The molecule has 2 rings (SSSR count). The Morgan fingerprint density at radius 2 is 2.29 bits per heavy atom. The molecule has 0 radical (unpaired) electrons. The number of hydrogen-bond acceptors (Lipinski definition) is 9. The molecule has 6 N–H and O–H groups in total. The first kappa shape index (κ1) is 17.7. The van der Waals surface area contributed by atoms with Gasteiger partial charge >= 0.3 is 6.01 Å². The quantitative estimate of drug-likeness (QED) is 0.294. The predicted octanol–water partition coefficient (Wildman–Crippen LogP) is 0.928. The maximum Gasteiger partial charge on any atom is 0.318 e. The second-order valence-electron chi connectivity index (χ2n) is 4.74. The highest BCUT2D eigenvalue weighted by Crippen LogP contribution is 2.13. The van der Waals surface area contributed by atoms with Crippen LogP contribution in [0.5, 0.6) is 6.01 Å². The molecule has 0 saturated heterocycles. The molecule has 130 valence electrons. The molecule has 2 heterocycles. The standard InChI is InChI=1S/C13H21N9OS/c1-2-5-17-12(15)19-9-4-7-18-13(20-9)23-8-3-6-16-11-10(14)21-24-22-11/h4,7H,2-3,5-6,8H2,1H3,(H2,14,21)(H,16,22)(H3,15,17,18,19,20). The van der Waals surface area contributed by atoms with E-state index in [2.05, 4.69) is 34.3 Å². The summed E-state index contributed by atoms with van der Waals surface area (Å²) in [6, 6.07) is 1.97. The van der Waals surface area contributed by atoms with E-state index in [1.165, 1.54) is 0 Å². The van der Waals surface area contributed by atoms with E-state index in [1.807, 2.05) is 6.92 Å². The predicted molar refractivity (Wildman–Crippen MR) is 95.4 cm³/mol. The third-order valence-electron chi connectivity index (χ3n) is 2.75. The SMILES string of the molecule is CCCN=C(N)Nc1ccnc(OCCCNc2nsnc2N)n1. The number of ether oxygens (including phenoxy) is 1. The van der Waals surface area contributed by atoms with Crippen molar-refractivity contribution in [2.75, 3.05) is 36.1 Å². The molecule has 2 aromatic rings. The molecule has 2 aromatic heterocycles. The summed E-state index contributed by atoms with van der Waals surface area (Å²) in [6.07, 6.45) is 3.26. The van der Waals surface area contributed by atoms with Gasteiger partial charge in [0, 0.05) is 19.3 Å². The Morgan fingerprint density at radius 1 is 1.42 bits per heavy atom. The van der Waals surface area contributed by atoms with Crippen LogP contribution in [0.3, 0.4) is 0 Å². The lowest BCUT2D eigenvalue weighted by Gasteiger charge is -2.08. The van der Waals surface area contributed by atoms with Crippen molar-refractivity contribution in [3.8, 4) is 6.01 Å². The van der Waals surface area contributed by atoms with Crippen LogP contribution in [0.15, 0.2) is 17.3 Å². The van der Waals surface area contributed by atoms with Gasteiger partial charge in [-0.1, -0.05) is 6.92 Å². The third-order valence-corrected chi connectivity index (χ3v) is 3.30. The van der Waals surface area contributed by atoms with Crippen molar-refractivity contribution in [1.29, 1.82) is 0 Å². The summed E-state index contributed by atoms with van der Waals surface area (Å²) < 4.78 is 13.4. The van der Waals surface area contributed by atoms with Crippen LogP contribution in [0.1, 0.15) is 19.8 Å². The maximum atomic E-state index is 5.75. The molecule has 0 aliphatic heterocycles. The van der Waals surface area contributed by atoms with Crippen molar-refractivity contribution in [1.82, 2.24) is 18.7 Å². The summed E-state index contributed by atoms with van der Waals surface area (Å²) in [5.74, 6) is 1.87. The Morgan fingerprint density at radius 3 is 3.04 bits per heavy atom. The number of nitrogens with zero attached hydrogens (tertiary/aromatic N) is 5. The maximum absolute atomic E-state index is 5.75. The Hall–Kier alpha value is -2.69. The zero-order valence-electron chi connectivity index (χ0n) is 13.4. The van der Waals surface area contributed by atoms with Crippen LogP contribution >= 0.6 is 11.7 Å². The average molecular weight is 351 g/mol. The minimum absolute atomic E-state index is 0.276. The number of aromatic nitrogens is 4. The molecule has 0 bridgehead atoms. The topological polar surface area (TPSA) is 149 Å². The van der Waals surface area contributed by atoms with Gasteiger partial charge in [0.2, 0.25) is 0 Å². The fourth-order valence-corrected chi connectivity index (χ4v) is 2.10. The van der Waals surface area contributed by atoms with Crippen LogP contribution in [0, 0.1) is 0 Å². The number of nitrogens with two attached hydrogens (primary N) is 2. The van der Waals surface area contributed by atoms with Gasteiger partial charge in [0.1, 0.15) is 5.82 Å².